The first-order valence-electron chi connectivity index (χ1n) is 5.83. The van der Waals surface area contributed by atoms with E-state index in [2.05, 4.69) is 4.72 Å². The van der Waals surface area contributed by atoms with Crippen molar-refractivity contribution >= 4 is 32.3 Å². The monoisotopic (exact) mass is 329 g/mol. The first-order chi connectivity index (χ1) is 9.70. The molecule has 21 heavy (non-hydrogen) atoms. The lowest BCUT2D eigenvalue weighted by molar-refractivity contribution is 0.0701. The van der Waals surface area contributed by atoms with Crippen LogP contribution in [0.2, 0.25) is 0 Å². The number of carboxylic acids is 1. The van der Waals surface area contributed by atoms with Crippen LogP contribution in [0.25, 0.3) is 0 Å². The minimum atomic E-state index is -3.97. The predicted molar refractivity (Wildman–Crippen MR) is 78.0 cm³/mol. The topological polar surface area (TPSA) is 83.5 Å². The van der Waals surface area contributed by atoms with E-state index in [1.807, 2.05) is 0 Å². The summed E-state index contributed by atoms with van der Waals surface area (Å²) in [7, 11) is -3.97. The summed E-state index contributed by atoms with van der Waals surface area (Å²) in [6.45, 7) is 3.13. The molecule has 0 aliphatic heterocycles. The molecule has 1 aromatic carbocycles. The molecule has 0 atom stereocenters. The van der Waals surface area contributed by atoms with Crippen LogP contribution in [0.15, 0.2) is 29.2 Å². The van der Waals surface area contributed by atoms with Gasteiger partial charge in [0.15, 0.2) is 0 Å². The Balaban J connectivity index is 2.40. The maximum Gasteiger partial charge on any atom is 0.346 e. The molecule has 1 heterocycles. The maximum atomic E-state index is 13.2. The van der Waals surface area contributed by atoms with E-state index in [-0.39, 0.29) is 14.8 Å². The van der Waals surface area contributed by atoms with E-state index in [0.29, 0.717) is 11.1 Å². The second kappa shape index (κ2) is 5.45. The smallest absolute Gasteiger partial charge is 0.346 e. The Hall–Kier alpha value is -1.93. The minimum absolute atomic E-state index is 0.0589. The van der Waals surface area contributed by atoms with Crippen molar-refractivity contribution < 1.29 is 22.7 Å². The highest BCUT2D eigenvalue weighted by Gasteiger charge is 2.20. The number of nitrogens with one attached hydrogen (secondary N) is 1. The second-order valence-corrected chi connectivity index (χ2v) is 7.15. The number of rotatable bonds is 4. The molecule has 0 unspecified atom stereocenters. The molecule has 2 N–H and O–H groups in total. The number of hydrogen-bond donors (Lipinski definition) is 2. The number of benzene rings is 1. The summed E-state index contributed by atoms with van der Waals surface area (Å²) in [5.41, 5.74) is 0.858. The maximum absolute atomic E-state index is 13.2. The molecule has 0 spiro atoms. The van der Waals surface area contributed by atoms with E-state index in [1.54, 1.807) is 13.8 Å². The summed E-state index contributed by atoms with van der Waals surface area (Å²) in [4.78, 5) is 10.8. The van der Waals surface area contributed by atoms with Crippen LogP contribution in [0.1, 0.15) is 20.8 Å². The van der Waals surface area contributed by atoms with Gasteiger partial charge in [-0.1, -0.05) is 6.07 Å². The van der Waals surface area contributed by atoms with Crippen LogP contribution in [-0.2, 0) is 10.0 Å². The number of thiophene rings is 1. The molecule has 5 nitrogen and oxygen atoms in total. The van der Waals surface area contributed by atoms with Gasteiger partial charge in [0.1, 0.15) is 15.7 Å². The lowest BCUT2D eigenvalue weighted by Crippen LogP contribution is -2.13. The van der Waals surface area contributed by atoms with Crippen LogP contribution in [0, 0.1) is 19.7 Å². The van der Waals surface area contributed by atoms with Crippen molar-refractivity contribution in [3.8, 4) is 0 Å². The second-order valence-electron chi connectivity index (χ2n) is 4.44. The standard InChI is InChI=1S/C13H12FNO4S2/c1-7-3-4-9(14)6-10(7)21(18,19)15-11-5-8(2)12(20-11)13(16)17/h3-6,15H,1-2H3,(H,16,17). The van der Waals surface area contributed by atoms with E-state index in [9.17, 15) is 17.6 Å². The van der Waals surface area contributed by atoms with Gasteiger partial charge in [-0.25, -0.2) is 17.6 Å². The van der Waals surface area contributed by atoms with Crippen LogP contribution in [-0.4, -0.2) is 19.5 Å². The average Bonchev–Trinajstić information content (AvgIpc) is 2.72. The molecule has 0 aliphatic rings. The molecule has 1 aromatic heterocycles. The number of aryl methyl sites for hydroxylation is 2. The van der Waals surface area contributed by atoms with Crippen LogP contribution >= 0.6 is 11.3 Å². The normalized spacial score (nSPS) is 11.4. The molecule has 112 valence electrons. The fraction of sp³-hybridized carbons (Fsp3) is 0.154. The fourth-order valence-corrected chi connectivity index (χ4v) is 4.25. The van der Waals surface area contributed by atoms with Gasteiger partial charge in [0.2, 0.25) is 0 Å². The van der Waals surface area contributed by atoms with Gasteiger partial charge in [-0.15, -0.1) is 11.3 Å². The Bertz CT molecular complexity index is 812. The lowest BCUT2D eigenvalue weighted by atomic mass is 10.2. The van der Waals surface area contributed by atoms with Crippen molar-refractivity contribution in [2.45, 2.75) is 18.7 Å². The van der Waals surface area contributed by atoms with Gasteiger partial charge in [0, 0.05) is 0 Å². The highest BCUT2D eigenvalue weighted by molar-refractivity contribution is 7.93. The van der Waals surface area contributed by atoms with Crippen LogP contribution < -0.4 is 4.72 Å². The Morgan fingerprint density at radius 3 is 2.48 bits per heavy atom. The van der Waals surface area contributed by atoms with E-state index >= 15 is 0 Å². The van der Waals surface area contributed by atoms with Gasteiger partial charge in [-0.3, -0.25) is 4.72 Å². The zero-order chi connectivity index (χ0) is 15.8. The van der Waals surface area contributed by atoms with E-state index in [0.717, 1.165) is 17.4 Å². The molecule has 0 saturated carbocycles. The third-order valence-electron chi connectivity index (χ3n) is 2.79. The Morgan fingerprint density at radius 2 is 1.90 bits per heavy atom. The van der Waals surface area contributed by atoms with Gasteiger partial charge >= 0.3 is 5.97 Å². The molecule has 2 rings (SSSR count). The van der Waals surface area contributed by atoms with E-state index < -0.39 is 21.8 Å². The molecule has 0 fully saturated rings. The molecular formula is C13H12FNO4S2. The van der Waals surface area contributed by atoms with Crippen LogP contribution in [0.5, 0.6) is 0 Å². The minimum Gasteiger partial charge on any atom is -0.477 e. The number of sulfonamides is 1. The molecule has 8 heteroatoms. The Morgan fingerprint density at radius 1 is 1.24 bits per heavy atom. The molecule has 0 aliphatic carbocycles. The average molecular weight is 329 g/mol. The lowest BCUT2D eigenvalue weighted by Gasteiger charge is -2.08. The van der Waals surface area contributed by atoms with Crippen LogP contribution in [0.3, 0.4) is 0 Å². The third-order valence-corrected chi connectivity index (χ3v) is 5.56. The number of carboxylic acid groups (broad SMARTS) is 1. The van der Waals surface area contributed by atoms with Crippen molar-refractivity contribution in [2.24, 2.45) is 0 Å². The summed E-state index contributed by atoms with van der Waals surface area (Å²) in [6, 6.07) is 4.90. The predicted octanol–water partition coefficient (Wildman–Crippen LogP) is 3.00. The fourth-order valence-electron chi connectivity index (χ4n) is 1.80. The highest BCUT2D eigenvalue weighted by atomic mass is 32.2. The van der Waals surface area contributed by atoms with Gasteiger partial charge in [-0.05, 0) is 43.2 Å². The third kappa shape index (κ3) is 3.22. The quantitative estimate of drug-likeness (QED) is 0.903. The van der Waals surface area contributed by atoms with Crippen LogP contribution in [0.4, 0.5) is 9.39 Å². The Kier molecular flexibility index (Phi) is 4.02. The van der Waals surface area contributed by atoms with Gasteiger partial charge in [0.05, 0.1) is 4.90 Å². The zero-order valence-corrected chi connectivity index (χ0v) is 12.8. The molecular weight excluding hydrogens is 317 g/mol. The highest BCUT2D eigenvalue weighted by Crippen LogP contribution is 2.29. The van der Waals surface area contributed by atoms with Crippen molar-refractivity contribution in [3.05, 3.63) is 46.1 Å². The summed E-state index contributed by atoms with van der Waals surface area (Å²) in [5.74, 6) is -1.78. The summed E-state index contributed by atoms with van der Waals surface area (Å²) in [5, 5.41) is 9.13. The van der Waals surface area contributed by atoms with E-state index in [1.165, 1.54) is 18.2 Å². The Labute approximate surface area is 125 Å². The number of anilines is 1. The van der Waals surface area contributed by atoms with Gasteiger partial charge in [-0.2, -0.15) is 0 Å². The SMILES string of the molecule is Cc1ccc(F)cc1S(=O)(=O)Nc1cc(C)c(C(=O)O)s1. The molecule has 0 bridgehead atoms. The number of hydrogen-bond acceptors (Lipinski definition) is 4. The molecule has 0 saturated heterocycles. The first kappa shape index (κ1) is 15.5. The summed E-state index contributed by atoms with van der Waals surface area (Å²) in [6.07, 6.45) is 0. The van der Waals surface area contributed by atoms with Crippen molar-refractivity contribution in [1.82, 2.24) is 0 Å². The number of aromatic carboxylic acids is 1. The number of halogens is 1. The van der Waals surface area contributed by atoms with Crippen molar-refractivity contribution in [2.75, 3.05) is 4.72 Å². The zero-order valence-electron chi connectivity index (χ0n) is 11.2. The largest absolute Gasteiger partial charge is 0.477 e. The summed E-state index contributed by atoms with van der Waals surface area (Å²) < 4.78 is 40.0. The molecule has 0 radical (unpaired) electrons. The van der Waals surface area contributed by atoms with Gasteiger partial charge in [0.25, 0.3) is 10.0 Å². The number of carbonyl (C=O) groups is 1. The van der Waals surface area contributed by atoms with Crippen molar-refractivity contribution in [3.63, 3.8) is 0 Å². The van der Waals surface area contributed by atoms with E-state index in [4.69, 9.17) is 5.11 Å². The molecule has 0 amide bonds. The van der Waals surface area contributed by atoms with Crippen molar-refractivity contribution in [1.29, 1.82) is 0 Å². The van der Waals surface area contributed by atoms with Gasteiger partial charge < -0.3 is 5.11 Å². The first-order valence-corrected chi connectivity index (χ1v) is 8.13. The molecule has 2 aromatic rings. The summed E-state index contributed by atoms with van der Waals surface area (Å²) >= 11 is 0.816.